The number of aromatic nitrogens is 5. The molecule has 0 saturated heterocycles. The number of nitrogens with one attached hydrogen (secondary N) is 3. The van der Waals surface area contributed by atoms with Crippen molar-refractivity contribution in [3.05, 3.63) is 71.6 Å². The summed E-state index contributed by atoms with van der Waals surface area (Å²) in [5.41, 5.74) is 2.68. The van der Waals surface area contributed by atoms with Gasteiger partial charge < -0.3 is 10.6 Å². The fourth-order valence-electron chi connectivity index (χ4n) is 3.08. The molecule has 0 aliphatic carbocycles. The molecule has 8 heteroatoms. The van der Waals surface area contributed by atoms with E-state index >= 15 is 0 Å². The fourth-order valence-corrected chi connectivity index (χ4v) is 3.08. The van der Waals surface area contributed by atoms with Crippen molar-refractivity contribution in [1.29, 1.82) is 0 Å². The zero-order valence-electron chi connectivity index (χ0n) is 15.9. The molecule has 1 atom stereocenters. The van der Waals surface area contributed by atoms with Crippen LogP contribution in [0.25, 0.3) is 5.52 Å². The highest BCUT2D eigenvalue weighted by Crippen LogP contribution is 2.25. The Labute approximate surface area is 162 Å². The molecular formula is C20H22FN7. The molecule has 0 aliphatic rings. The van der Waals surface area contributed by atoms with Gasteiger partial charge in [-0.25, -0.2) is 13.9 Å². The molecule has 0 spiro atoms. The topological polar surface area (TPSA) is 82.9 Å². The molecule has 7 nitrogen and oxygen atoms in total. The van der Waals surface area contributed by atoms with Crippen LogP contribution in [0.1, 0.15) is 37.0 Å². The van der Waals surface area contributed by atoms with Gasteiger partial charge in [0.15, 0.2) is 17.5 Å². The molecule has 4 aromatic rings. The van der Waals surface area contributed by atoms with E-state index in [-0.39, 0.29) is 17.9 Å². The Bertz CT molecular complexity index is 1080. The summed E-state index contributed by atoms with van der Waals surface area (Å²) in [5, 5.41) is 18.6. The van der Waals surface area contributed by atoms with Crippen LogP contribution in [0.15, 0.2) is 48.7 Å². The average molecular weight is 379 g/mol. The lowest BCUT2D eigenvalue weighted by atomic mass is 10.1. The monoisotopic (exact) mass is 379 g/mol. The van der Waals surface area contributed by atoms with Crippen molar-refractivity contribution in [3.8, 4) is 0 Å². The standard InChI is InChI=1S/C20H22FN7/c1-12(2)22-18(14-6-8-15(21)9-7-14)20-24-19(16-5-4-10-28(16)27-20)23-17-11-13(3)25-26-17/h4-12,18,22H,1-3H3,(H2,23,24,25,26,27). The first-order valence-corrected chi connectivity index (χ1v) is 9.15. The number of aryl methyl sites for hydroxylation is 1. The summed E-state index contributed by atoms with van der Waals surface area (Å²) in [6.07, 6.45) is 1.87. The number of halogens is 1. The Morgan fingerprint density at radius 2 is 1.93 bits per heavy atom. The predicted octanol–water partition coefficient (Wildman–Crippen LogP) is 3.73. The van der Waals surface area contributed by atoms with Crippen LogP contribution in [-0.4, -0.2) is 30.8 Å². The maximum atomic E-state index is 13.4. The molecule has 3 aromatic heterocycles. The van der Waals surface area contributed by atoms with Crippen molar-refractivity contribution in [2.75, 3.05) is 5.32 Å². The lowest BCUT2D eigenvalue weighted by molar-refractivity contribution is 0.502. The smallest absolute Gasteiger partial charge is 0.173 e. The Morgan fingerprint density at radius 3 is 2.61 bits per heavy atom. The molecule has 0 bridgehead atoms. The van der Waals surface area contributed by atoms with E-state index in [1.54, 1.807) is 16.6 Å². The normalized spacial score (nSPS) is 12.6. The first kappa shape index (κ1) is 18.1. The molecule has 144 valence electrons. The number of benzene rings is 1. The molecule has 28 heavy (non-hydrogen) atoms. The first-order chi connectivity index (χ1) is 13.5. The molecule has 0 amide bonds. The Balaban J connectivity index is 1.79. The summed E-state index contributed by atoms with van der Waals surface area (Å²) in [4.78, 5) is 4.78. The molecule has 3 N–H and O–H groups in total. The molecule has 0 fully saturated rings. The van der Waals surface area contributed by atoms with E-state index in [9.17, 15) is 4.39 Å². The third-order valence-corrected chi connectivity index (χ3v) is 4.32. The number of anilines is 2. The van der Waals surface area contributed by atoms with E-state index in [1.165, 1.54) is 12.1 Å². The van der Waals surface area contributed by atoms with Gasteiger partial charge in [0, 0.05) is 24.0 Å². The molecular weight excluding hydrogens is 357 g/mol. The second kappa shape index (κ2) is 7.40. The number of H-pyrrole nitrogens is 1. The van der Waals surface area contributed by atoms with Gasteiger partial charge in [0.25, 0.3) is 0 Å². The van der Waals surface area contributed by atoms with E-state index in [1.807, 2.05) is 31.3 Å². The van der Waals surface area contributed by atoms with Crippen LogP contribution in [-0.2, 0) is 0 Å². The van der Waals surface area contributed by atoms with Crippen LogP contribution in [0.5, 0.6) is 0 Å². The number of rotatable bonds is 6. The van der Waals surface area contributed by atoms with Gasteiger partial charge in [0.1, 0.15) is 11.3 Å². The van der Waals surface area contributed by atoms with Gasteiger partial charge in [0.05, 0.1) is 6.04 Å². The van der Waals surface area contributed by atoms with Crippen LogP contribution in [0.3, 0.4) is 0 Å². The van der Waals surface area contributed by atoms with Gasteiger partial charge in [-0.3, -0.25) is 5.10 Å². The molecule has 0 aliphatic heterocycles. The van der Waals surface area contributed by atoms with Crippen LogP contribution in [0.4, 0.5) is 16.0 Å². The third-order valence-electron chi connectivity index (χ3n) is 4.32. The van der Waals surface area contributed by atoms with E-state index in [0.29, 0.717) is 17.5 Å². The molecule has 1 aromatic carbocycles. The summed E-state index contributed by atoms with van der Waals surface area (Å²) in [6.45, 7) is 6.04. The zero-order chi connectivity index (χ0) is 19.7. The lowest BCUT2D eigenvalue weighted by Crippen LogP contribution is -2.31. The van der Waals surface area contributed by atoms with E-state index in [2.05, 4.69) is 39.8 Å². The van der Waals surface area contributed by atoms with Gasteiger partial charge in [-0.2, -0.15) is 10.2 Å². The maximum Gasteiger partial charge on any atom is 0.173 e. The molecule has 0 saturated carbocycles. The summed E-state index contributed by atoms with van der Waals surface area (Å²) >= 11 is 0. The van der Waals surface area contributed by atoms with Crippen LogP contribution in [0.2, 0.25) is 0 Å². The van der Waals surface area contributed by atoms with Crippen LogP contribution in [0, 0.1) is 12.7 Å². The quantitative estimate of drug-likeness (QED) is 0.475. The van der Waals surface area contributed by atoms with Crippen LogP contribution >= 0.6 is 0 Å². The van der Waals surface area contributed by atoms with E-state index < -0.39 is 0 Å². The van der Waals surface area contributed by atoms with Crippen molar-refractivity contribution >= 4 is 17.2 Å². The maximum absolute atomic E-state index is 13.4. The number of nitrogens with zero attached hydrogens (tertiary/aromatic N) is 4. The first-order valence-electron chi connectivity index (χ1n) is 9.15. The summed E-state index contributed by atoms with van der Waals surface area (Å²) in [6, 6.07) is 12.1. The SMILES string of the molecule is Cc1cc(Nc2nc(C(NC(C)C)c3ccc(F)cc3)nn3cccc23)n[nH]1. The fraction of sp³-hybridized carbons (Fsp3) is 0.250. The highest BCUT2D eigenvalue weighted by atomic mass is 19.1. The van der Waals surface area contributed by atoms with E-state index in [4.69, 9.17) is 4.98 Å². The van der Waals surface area contributed by atoms with Crippen LogP contribution < -0.4 is 10.6 Å². The van der Waals surface area contributed by atoms with Crippen molar-refractivity contribution < 1.29 is 4.39 Å². The van der Waals surface area contributed by atoms with Gasteiger partial charge in [-0.15, -0.1) is 0 Å². The highest BCUT2D eigenvalue weighted by molar-refractivity contribution is 5.72. The summed E-state index contributed by atoms with van der Waals surface area (Å²) < 4.78 is 15.2. The molecule has 4 rings (SSSR count). The van der Waals surface area contributed by atoms with Crippen molar-refractivity contribution in [2.24, 2.45) is 0 Å². The van der Waals surface area contributed by atoms with E-state index in [0.717, 1.165) is 16.8 Å². The second-order valence-corrected chi connectivity index (χ2v) is 7.02. The Kier molecular flexibility index (Phi) is 4.79. The van der Waals surface area contributed by atoms with Crippen molar-refractivity contribution in [3.63, 3.8) is 0 Å². The third kappa shape index (κ3) is 3.72. The molecule has 1 unspecified atom stereocenters. The van der Waals surface area contributed by atoms with Gasteiger partial charge in [0.2, 0.25) is 0 Å². The second-order valence-electron chi connectivity index (χ2n) is 7.02. The summed E-state index contributed by atoms with van der Waals surface area (Å²) in [5.74, 6) is 1.64. The number of hydrogen-bond acceptors (Lipinski definition) is 5. The number of aromatic amines is 1. The Morgan fingerprint density at radius 1 is 1.14 bits per heavy atom. The van der Waals surface area contributed by atoms with Gasteiger partial charge in [-0.05, 0) is 50.6 Å². The van der Waals surface area contributed by atoms with Crippen molar-refractivity contribution in [1.82, 2.24) is 30.1 Å². The minimum Gasteiger partial charge on any atom is -0.322 e. The largest absolute Gasteiger partial charge is 0.322 e. The lowest BCUT2D eigenvalue weighted by Gasteiger charge is -2.21. The Hall–Kier alpha value is -3.26. The van der Waals surface area contributed by atoms with Crippen molar-refractivity contribution in [2.45, 2.75) is 32.9 Å². The molecule has 0 radical (unpaired) electrons. The summed E-state index contributed by atoms with van der Waals surface area (Å²) in [7, 11) is 0. The minimum absolute atomic E-state index is 0.185. The van der Waals surface area contributed by atoms with Gasteiger partial charge >= 0.3 is 0 Å². The highest BCUT2D eigenvalue weighted by Gasteiger charge is 2.21. The van der Waals surface area contributed by atoms with Gasteiger partial charge in [-0.1, -0.05) is 12.1 Å². The predicted molar refractivity (Wildman–Crippen MR) is 106 cm³/mol. The average Bonchev–Trinajstić information content (AvgIpc) is 3.29. The number of hydrogen-bond donors (Lipinski definition) is 3. The molecule has 3 heterocycles. The zero-order valence-corrected chi connectivity index (χ0v) is 15.9. The number of fused-ring (bicyclic) bond motifs is 1. The minimum atomic E-state index is -0.283.